The van der Waals surface area contributed by atoms with Crippen molar-refractivity contribution in [1.29, 1.82) is 0 Å². The van der Waals surface area contributed by atoms with Crippen molar-refractivity contribution in [2.75, 3.05) is 6.61 Å². The van der Waals surface area contributed by atoms with Crippen LogP contribution in [0.4, 0.5) is 8.78 Å². The first kappa shape index (κ1) is 13.8. The van der Waals surface area contributed by atoms with Gasteiger partial charge >= 0.3 is 0 Å². The van der Waals surface area contributed by atoms with Crippen LogP contribution in [-0.2, 0) is 6.42 Å². The second kappa shape index (κ2) is 5.71. The largest absolute Gasteiger partial charge is 0.490 e. The third-order valence-electron chi connectivity index (χ3n) is 5.19. The lowest BCUT2D eigenvalue weighted by molar-refractivity contribution is 0.122. The molecule has 0 N–H and O–H groups in total. The zero-order chi connectivity index (χ0) is 14.1. The molecule has 0 bridgehead atoms. The molecule has 1 aromatic rings. The van der Waals surface area contributed by atoms with Gasteiger partial charge in [0.2, 0.25) is 5.82 Å². The highest BCUT2D eigenvalue weighted by Crippen LogP contribution is 2.40. The van der Waals surface area contributed by atoms with Gasteiger partial charge in [0.1, 0.15) is 0 Å². The van der Waals surface area contributed by atoms with E-state index in [9.17, 15) is 8.78 Å². The number of ether oxygens (including phenoxy) is 1. The van der Waals surface area contributed by atoms with E-state index in [0.29, 0.717) is 18.4 Å². The van der Waals surface area contributed by atoms with E-state index in [0.717, 1.165) is 17.9 Å². The van der Waals surface area contributed by atoms with Gasteiger partial charge in [-0.1, -0.05) is 32.3 Å². The van der Waals surface area contributed by atoms with E-state index in [2.05, 4.69) is 6.92 Å². The molecule has 1 saturated carbocycles. The van der Waals surface area contributed by atoms with E-state index < -0.39 is 11.6 Å². The Kier molecular flexibility index (Phi) is 3.95. The van der Waals surface area contributed by atoms with Crippen LogP contribution >= 0.6 is 0 Å². The molecule has 1 aromatic carbocycles. The van der Waals surface area contributed by atoms with Crippen molar-refractivity contribution in [1.82, 2.24) is 0 Å². The van der Waals surface area contributed by atoms with Gasteiger partial charge in [-0.2, -0.15) is 4.39 Å². The number of halogens is 2. The van der Waals surface area contributed by atoms with E-state index in [1.165, 1.54) is 38.2 Å². The zero-order valence-corrected chi connectivity index (χ0v) is 12.0. The predicted molar refractivity (Wildman–Crippen MR) is 74.8 cm³/mol. The maximum Gasteiger partial charge on any atom is 0.200 e. The maximum atomic E-state index is 13.6. The Bertz CT molecular complexity index is 478. The lowest BCUT2D eigenvalue weighted by Crippen LogP contribution is -2.31. The summed E-state index contributed by atoms with van der Waals surface area (Å²) >= 11 is 0. The van der Waals surface area contributed by atoms with Crippen molar-refractivity contribution in [2.24, 2.45) is 17.8 Å². The lowest BCUT2D eigenvalue weighted by atomic mass is 9.73. The van der Waals surface area contributed by atoms with Crippen LogP contribution < -0.4 is 4.74 Å². The van der Waals surface area contributed by atoms with Crippen LogP contribution in [0.15, 0.2) is 12.1 Å². The molecule has 1 aliphatic heterocycles. The van der Waals surface area contributed by atoms with Crippen molar-refractivity contribution < 1.29 is 13.5 Å². The fourth-order valence-corrected chi connectivity index (χ4v) is 3.79. The van der Waals surface area contributed by atoms with Crippen LogP contribution in [0.3, 0.4) is 0 Å². The molecule has 1 nitrogen and oxygen atoms in total. The van der Waals surface area contributed by atoms with Crippen LogP contribution in [0.2, 0.25) is 0 Å². The molecule has 1 unspecified atom stereocenters. The molecule has 110 valence electrons. The Balaban J connectivity index is 1.69. The fourth-order valence-electron chi connectivity index (χ4n) is 3.79. The lowest BCUT2D eigenvalue weighted by Gasteiger charge is -2.36. The maximum absolute atomic E-state index is 13.6. The van der Waals surface area contributed by atoms with E-state index in [1.54, 1.807) is 6.07 Å². The summed E-state index contributed by atoms with van der Waals surface area (Å²) in [5.41, 5.74) is 0.831. The molecule has 20 heavy (non-hydrogen) atoms. The van der Waals surface area contributed by atoms with Gasteiger partial charge < -0.3 is 4.74 Å². The topological polar surface area (TPSA) is 9.23 Å². The molecule has 1 fully saturated rings. The Morgan fingerprint density at radius 2 is 1.85 bits per heavy atom. The minimum atomic E-state index is -0.823. The summed E-state index contributed by atoms with van der Waals surface area (Å²) in [6, 6.07) is 2.89. The van der Waals surface area contributed by atoms with Gasteiger partial charge in [0, 0.05) is 0 Å². The molecule has 2 aliphatic rings. The summed E-state index contributed by atoms with van der Waals surface area (Å²) in [6.45, 7) is 2.80. The quantitative estimate of drug-likeness (QED) is 0.761. The van der Waals surface area contributed by atoms with Crippen LogP contribution in [0.5, 0.6) is 5.75 Å². The molecule has 0 radical (unpaired) electrons. The molecular weight excluding hydrogens is 258 g/mol. The van der Waals surface area contributed by atoms with Gasteiger partial charge in [0.05, 0.1) is 6.61 Å². The molecule has 0 spiro atoms. The van der Waals surface area contributed by atoms with Gasteiger partial charge in [-0.3, -0.25) is 0 Å². The highest BCUT2D eigenvalue weighted by molar-refractivity contribution is 5.37. The molecule has 1 atom stereocenters. The van der Waals surface area contributed by atoms with Gasteiger partial charge in [0.25, 0.3) is 0 Å². The molecular formula is C17H22F2O. The highest BCUT2D eigenvalue weighted by Gasteiger charge is 2.32. The summed E-state index contributed by atoms with van der Waals surface area (Å²) in [6.07, 6.45) is 7.23. The smallest absolute Gasteiger partial charge is 0.200 e. The first-order chi connectivity index (χ1) is 9.69. The van der Waals surface area contributed by atoms with Crippen molar-refractivity contribution in [2.45, 2.75) is 45.4 Å². The third-order valence-corrected chi connectivity index (χ3v) is 5.19. The Morgan fingerprint density at radius 3 is 2.55 bits per heavy atom. The average molecular weight is 280 g/mol. The molecule has 1 aliphatic carbocycles. The van der Waals surface area contributed by atoms with E-state index in [1.807, 2.05) is 0 Å². The normalized spacial score (nSPS) is 29.6. The summed E-state index contributed by atoms with van der Waals surface area (Å²) in [7, 11) is 0. The number of hydrogen-bond donors (Lipinski definition) is 0. The number of hydrogen-bond acceptors (Lipinski definition) is 1. The SMILES string of the molecule is CC[C@H]1CC[C@H](C2COc3c(ccc(F)c3F)C2)CC1. The van der Waals surface area contributed by atoms with Crippen molar-refractivity contribution in [3.63, 3.8) is 0 Å². The highest BCUT2D eigenvalue weighted by atomic mass is 19.2. The summed E-state index contributed by atoms with van der Waals surface area (Å²) in [4.78, 5) is 0. The van der Waals surface area contributed by atoms with E-state index in [-0.39, 0.29) is 5.75 Å². The van der Waals surface area contributed by atoms with Crippen LogP contribution in [0, 0.1) is 29.4 Å². The molecule has 0 amide bonds. The zero-order valence-electron chi connectivity index (χ0n) is 12.0. The molecule has 1 heterocycles. The first-order valence-electron chi connectivity index (χ1n) is 7.78. The first-order valence-corrected chi connectivity index (χ1v) is 7.78. The number of fused-ring (bicyclic) bond motifs is 1. The average Bonchev–Trinajstić information content (AvgIpc) is 2.51. The van der Waals surface area contributed by atoms with E-state index in [4.69, 9.17) is 4.74 Å². The number of benzene rings is 1. The van der Waals surface area contributed by atoms with Crippen LogP contribution in [0.1, 0.15) is 44.6 Å². The minimum absolute atomic E-state index is 0.142. The molecule has 0 saturated heterocycles. The summed E-state index contributed by atoms with van der Waals surface area (Å²) in [5, 5.41) is 0. The van der Waals surface area contributed by atoms with Crippen LogP contribution in [-0.4, -0.2) is 6.61 Å². The second-order valence-corrected chi connectivity index (χ2v) is 6.31. The van der Waals surface area contributed by atoms with Gasteiger partial charge in [-0.25, -0.2) is 4.39 Å². The minimum Gasteiger partial charge on any atom is -0.490 e. The monoisotopic (exact) mass is 280 g/mol. The molecule has 3 rings (SSSR count). The van der Waals surface area contributed by atoms with Crippen molar-refractivity contribution in [3.8, 4) is 5.75 Å². The Labute approximate surface area is 119 Å². The second-order valence-electron chi connectivity index (χ2n) is 6.31. The molecule has 3 heteroatoms. The van der Waals surface area contributed by atoms with Crippen LogP contribution in [0.25, 0.3) is 0 Å². The predicted octanol–water partition coefficient (Wildman–Crippen LogP) is 4.73. The van der Waals surface area contributed by atoms with Crippen molar-refractivity contribution in [3.05, 3.63) is 29.3 Å². The summed E-state index contributed by atoms with van der Waals surface area (Å²) < 4.78 is 32.4. The van der Waals surface area contributed by atoms with Gasteiger partial charge in [-0.05, 0) is 48.6 Å². The van der Waals surface area contributed by atoms with E-state index >= 15 is 0 Å². The van der Waals surface area contributed by atoms with Gasteiger partial charge in [-0.15, -0.1) is 0 Å². The third kappa shape index (κ3) is 2.55. The Morgan fingerprint density at radius 1 is 1.10 bits per heavy atom. The Hall–Kier alpha value is -1.12. The van der Waals surface area contributed by atoms with Crippen molar-refractivity contribution >= 4 is 0 Å². The van der Waals surface area contributed by atoms with Gasteiger partial charge in [0.15, 0.2) is 11.6 Å². The number of rotatable bonds is 2. The fraction of sp³-hybridized carbons (Fsp3) is 0.647. The summed E-state index contributed by atoms with van der Waals surface area (Å²) in [5.74, 6) is 0.531. The standard InChI is InChI=1S/C17H22F2O/c1-2-11-3-5-12(6-4-11)14-9-13-7-8-15(18)16(19)17(13)20-10-14/h7-8,11-12,14H,2-6,9-10H2,1H3/t11-,12-,14?. The molecule has 0 aromatic heterocycles.